The van der Waals surface area contributed by atoms with Crippen molar-refractivity contribution >= 4 is 15.7 Å². The number of aliphatic hydroxyl groups excluding tert-OH is 1. The Balaban J connectivity index is 3.08. The van der Waals surface area contributed by atoms with E-state index in [1.807, 2.05) is 6.92 Å². The zero-order valence-corrected chi connectivity index (χ0v) is 11.0. The summed E-state index contributed by atoms with van der Waals surface area (Å²) in [6, 6.07) is 2.99. The minimum atomic E-state index is -3.61. The Hall–Kier alpha value is -1.11. The summed E-state index contributed by atoms with van der Waals surface area (Å²) in [5.74, 6) is 0. The molecule has 0 saturated heterocycles. The van der Waals surface area contributed by atoms with Gasteiger partial charge in [0.15, 0.2) is 0 Å². The number of anilines is 1. The van der Waals surface area contributed by atoms with E-state index in [0.717, 1.165) is 11.1 Å². The van der Waals surface area contributed by atoms with Crippen LogP contribution >= 0.6 is 0 Å². The molecule has 0 aliphatic carbocycles. The van der Waals surface area contributed by atoms with Crippen molar-refractivity contribution in [3.8, 4) is 0 Å². The Morgan fingerprint density at radius 3 is 2.47 bits per heavy atom. The van der Waals surface area contributed by atoms with E-state index >= 15 is 0 Å². The van der Waals surface area contributed by atoms with Crippen LogP contribution in [0.3, 0.4) is 0 Å². The van der Waals surface area contributed by atoms with Crippen LogP contribution < -0.4 is 10.5 Å². The number of hydrogen-bond acceptors (Lipinski definition) is 4. The first kappa shape index (κ1) is 14.0. The number of nitrogen functional groups attached to an aromatic ring is 1. The highest BCUT2D eigenvalue weighted by atomic mass is 32.2. The van der Waals surface area contributed by atoms with Gasteiger partial charge in [0.05, 0.1) is 11.0 Å². The normalized spacial score (nSPS) is 13.6. The lowest BCUT2D eigenvalue weighted by Crippen LogP contribution is -2.30. The second-order valence-corrected chi connectivity index (χ2v) is 5.92. The lowest BCUT2D eigenvalue weighted by molar-refractivity contribution is 0.198. The molecule has 0 bridgehead atoms. The fraction of sp³-hybridized carbons (Fsp3) is 0.455. The van der Waals surface area contributed by atoms with Crippen molar-refractivity contribution in [3.05, 3.63) is 23.3 Å². The molecule has 0 aromatic heterocycles. The smallest absolute Gasteiger partial charge is 0.240 e. The summed E-state index contributed by atoms with van der Waals surface area (Å²) in [5.41, 5.74) is 7.88. The van der Waals surface area contributed by atoms with Crippen molar-refractivity contribution in [2.24, 2.45) is 0 Å². The molecule has 0 saturated carbocycles. The van der Waals surface area contributed by atoms with Gasteiger partial charge in [0, 0.05) is 12.2 Å². The number of nitrogens with two attached hydrogens (primary N) is 1. The first-order valence-electron chi connectivity index (χ1n) is 5.28. The van der Waals surface area contributed by atoms with Gasteiger partial charge in [-0.1, -0.05) is 0 Å². The van der Waals surface area contributed by atoms with Crippen LogP contribution in [0.2, 0.25) is 0 Å². The van der Waals surface area contributed by atoms with E-state index in [0.29, 0.717) is 5.69 Å². The largest absolute Gasteiger partial charge is 0.398 e. The molecule has 6 heteroatoms. The Kier molecular flexibility index (Phi) is 4.13. The van der Waals surface area contributed by atoms with E-state index in [1.54, 1.807) is 13.0 Å². The Bertz CT molecular complexity index is 486. The van der Waals surface area contributed by atoms with E-state index in [4.69, 9.17) is 10.8 Å². The molecule has 1 rings (SSSR count). The number of sulfonamides is 1. The summed E-state index contributed by atoms with van der Waals surface area (Å²) in [5, 5.41) is 9.06. The minimum Gasteiger partial charge on any atom is -0.398 e. The van der Waals surface area contributed by atoms with E-state index in [1.165, 1.54) is 13.0 Å². The molecule has 1 aromatic rings. The molecule has 0 spiro atoms. The maximum Gasteiger partial charge on any atom is 0.240 e. The van der Waals surface area contributed by atoms with Crippen LogP contribution in [0.4, 0.5) is 5.69 Å². The average molecular weight is 258 g/mol. The summed E-state index contributed by atoms with van der Waals surface area (Å²) < 4.78 is 26.1. The fourth-order valence-corrected chi connectivity index (χ4v) is 2.56. The van der Waals surface area contributed by atoms with Crippen molar-refractivity contribution in [1.82, 2.24) is 4.72 Å². The molecule has 0 amide bonds. The molecule has 0 aliphatic heterocycles. The predicted molar refractivity (Wildman–Crippen MR) is 67.2 cm³/mol. The van der Waals surface area contributed by atoms with E-state index in [2.05, 4.69) is 4.72 Å². The third-order valence-electron chi connectivity index (χ3n) is 2.56. The van der Waals surface area contributed by atoms with Crippen molar-refractivity contribution in [3.63, 3.8) is 0 Å². The summed E-state index contributed by atoms with van der Waals surface area (Å²) in [6.07, 6.45) is -0.728. The topological polar surface area (TPSA) is 92.4 Å². The van der Waals surface area contributed by atoms with Crippen LogP contribution in [0, 0.1) is 13.8 Å². The number of nitrogens with one attached hydrogen (secondary N) is 1. The third kappa shape index (κ3) is 3.42. The number of aryl methyl sites for hydroxylation is 1. The highest BCUT2D eigenvalue weighted by Gasteiger charge is 2.16. The van der Waals surface area contributed by atoms with Gasteiger partial charge in [0.2, 0.25) is 10.0 Å². The first-order chi connectivity index (χ1) is 7.74. The van der Waals surface area contributed by atoms with Crippen LogP contribution in [0.15, 0.2) is 17.0 Å². The van der Waals surface area contributed by atoms with Gasteiger partial charge in [0.1, 0.15) is 0 Å². The Labute approximate surface area is 102 Å². The first-order valence-corrected chi connectivity index (χ1v) is 6.77. The number of benzene rings is 1. The quantitative estimate of drug-likeness (QED) is 0.687. The standard InChI is InChI=1S/C11H18N2O3S/c1-7-4-10(5-11(12)9(7)3)17(15,16)13-6-8(2)14/h4-5,8,13-14H,6,12H2,1-3H3/t8-/m0/s1. The number of aliphatic hydroxyl groups is 1. The molecule has 4 N–H and O–H groups in total. The Morgan fingerprint density at radius 1 is 1.41 bits per heavy atom. The molecule has 17 heavy (non-hydrogen) atoms. The zero-order valence-electron chi connectivity index (χ0n) is 10.2. The lowest BCUT2D eigenvalue weighted by Gasteiger charge is -2.11. The second kappa shape index (κ2) is 5.03. The molecule has 1 atom stereocenters. The summed E-state index contributed by atoms with van der Waals surface area (Å²) in [4.78, 5) is 0.124. The van der Waals surface area contributed by atoms with Gasteiger partial charge in [-0.05, 0) is 44.0 Å². The maximum atomic E-state index is 11.9. The summed E-state index contributed by atoms with van der Waals surface area (Å²) >= 11 is 0. The van der Waals surface area contributed by atoms with Gasteiger partial charge in [-0.25, -0.2) is 13.1 Å². The molecule has 1 aromatic carbocycles. The molecule has 5 nitrogen and oxygen atoms in total. The van der Waals surface area contributed by atoms with Gasteiger partial charge in [-0.15, -0.1) is 0 Å². The monoisotopic (exact) mass is 258 g/mol. The number of rotatable bonds is 4. The highest BCUT2D eigenvalue weighted by molar-refractivity contribution is 7.89. The second-order valence-electron chi connectivity index (χ2n) is 4.16. The highest BCUT2D eigenvalue weighted by Crippen LogP contribution is 2.21. The molecule has 0 unspecified atom stereocenters. The summed E-state index contributed by atoms with van der Waals surface area (Å²) in [6.45, 7) is 5.14. The molecular weight excluding hydrogens is 240 g/mol. The Morgan fingerprint density at radius 2 is 2.00 bits per heavy atom. The van der Waals surface area contributed by atoms with E-state index < -0.39 is 16.1 Å². The maximum absolute atomic E-state index is 11.9. The predicted octanol–water partition coefficient (Wildman–Crippen LogP) is 0.545. The van der Waals surface area contributed by atoms with Gasteiger partial charge in [0.25, 0.3) is 0 Å². The van der Waals surface area contributed by atoms with Crippen LogP contribution in [-0.2, 0) is 10.0 Å². The zero-order chi connectivity index (χ0) is 13.2. The number of hydrogen-bond donors (Lipinski definition) is 3. The van der Waals surface area contributed by atoms with Crippen molar-refractivity contribution < 1.29 is 13.5 Å². The average Bonchev–Trinajstić information content (AvgIpc) is 2.22. The van der Waals surface area contributed by atoms with Crippen molar-refractivity contribution in [2.45, 2.75) is 31.8 Å². The molecule has 0 heterocycles. The van der Waals surface area contributed by atoms with Crippen molar-refractivity contribution in [2.75, 3.05) is 12.3 Å². The van der Waals surface area contributed by atoms with E-state index in [-0.39, 0.29) is 11.4 Å². The molecular formula is C11H18N2O3S. The van der Waals surface area contributed by atoms with Crippen LogP contribution in [-0.4, -0.2) is 26.2 Å². The minimum absolute atomic E-state index is 0.0187. The molecule has 0 radical (unpaired) electrons. The van der Waals surface area contributed by atoms with Crippen LogP contribution in [0.25, 0.3) is 0 Å². The fourth-order valence-electron chi connectivity index (χ4n) is 1.32. The SMILES string of the molecule is Cc1cc(S(=O)(=O)NC[C@H](C)O)cc(N)c1C. The van der Waals surface area contributed by atoms with Gasteiger partial charge in [-0.3, -0.25) is 0 Å². The van der Waals surface area contributed by atoms with E-state index in [9.17, 15) is 8.42 Å². The van der Waals surface area contributed by atoms with Gasteiger partial charge < -0.3 is 10.8 Å². The molecule has 0 fully saturated rings. The van der Waals surface area contributed by atoms with Crippen LogP contribution in [0.5, 0.6) is 0 Å². The molecule has 0 aliphatic rings. The van der Waals surface area contributed by atoms with Crippen LogP contribution in [0.1, 0.15) is 18.1 Å². The van der Waals surface area contributed by atoms with Crippen molar-refractivity contribution in [1.29, 1.82) is 0 Å². The molecule has 96 valence electrons. The lowest BCUT2D eigenvalue weighted by atomic mass is 10.1. The third-order valence-corrected chi connectivity index (χ3v) is 3.96. The van der Waals surface area contributed by atoms with Gasteiger partial charge >= 0.3 is 0 Å². The van der Waals surface area contributed by atoms with Gasteiger partial charge in [-0.2, -0.15) is 0 Å². The summed E-state index contributed by atoms with van der Waals surface area (Å²) in [7, 11) is -3.61.